The molecular weight excluding hydrogens is 205 g/mol. The molecule has 2 N–H and O–H groups in total. The molecule has 1 rings (SSSR count). The fourth-order valence-corrected chi connectivity index (χ4v) is 1.83. The van der Waals surface area contributed by atoms with E-state index >= 15 is 0 Å². The molecule has 1 aliphatic rings. The van der Waals surface area contributed by atoms with Gasteiger partial charge in [-0.25, -0.2) is 0 Å². The standard InChI is InChI=1S/C4H6INO/c6-4(7)5-3-1-2-3/h1-2H2,(H2,6,7). The van der Waals surface area contributed by atoms with Crippen molar-refractivity contribution in [3.63, 3.8) is 0 Å². The van der Waals surface area contributed by atoms with Gasteiger partial charge in [0.05, 0.1) is 0 Å². The highest BCUT2D eigenvalue weighted by atomic mass is 127. The highest BCUT2D eigenvalue weighted by Crippen LogP contribution is 2.22. The molecule has 0 atom stereocenters. The summed E-state index contributed by atoms with van der Waals surface area (Å²) in [6, 6.07) is 0. The third-order valence-corrected chi connectivity index (χ3v) is 3.04. The zero-order valence-corrected chi connectivity index (χ0v) is 5.94. The van der Waals surface area contributed by atoms with Crippen LogP contribution in [-0.2, 0) is 0 Å². The van der Waals surface area contributed by atoms with Gasteiger partial charge in [-0.15, -0.1) is 0 Å². The van der Waals surface area contributed by atoms with Crippen LogP contribution in [0, 0.1) is 0 Å². The molecule has 3 heteroatoms. The van der Waals surface area contributed by atoms with Crippen LogP contribution in [0.4, 0.5) is 4.79 Å². The molecule has 0 heterocycles. The third-order valence-electron chi connectivity index (χ3n) is 0.666. The van der Waals surface area contributed by atoms with Crippen molar-refractivity contribution in [1.29, 1.82) is 0 Å². The maximum Gasteiger partial charge on any atom is 0.272 e. The van der Waals surface area contributed by atoms with Crippen LogP contribution in [-0.4, -0.2) is 7.42 Å². The first kappa shape index (κ1) is 5.21. The van der Waals surface area contributed by atoms with Crippen LogP contribution in [0.1, 0.15) is 12.8 Å². The average molecular weight is 211 g/mol. The predicted octanol–water partition coefficient (Wildman–Crippen LogP) is 1.00. The molecule has 2 nitrogen and oxygen atoms in total. The van der Waals surface area contributed by atoms with Gasteiger partial charge in [-0.2, -0.15) is 0 Å². The normalized spacial score (nSPS) is 16.9. The van der Waals surface area contributed by atoms with Gasteiger partial charge in [-0.1, -0.05) is 0 Å². The molecule has 0 aromatic rings. The van der Waals surface area contributed by atoms with E-state index in [1.54, 1.807) is 0 Å². The predicted molar refractivity (Wildman–Crippen MR) is 37.8 cm³/mol. The minimum absolute atomic E-state index is 0.0775. The van der Waals surface area contributed by atoms with Crippen LogP contribution in [0.3, 0.4) is 0 Å². The summed E-state index contributed by atoms with van der Waals surface area (Å²) in [5.41, 5.74) is 4.92. The number of amides is 1. The Morgan fingerprint density at radius 1 is 1.71 bits per heavy atom. The van der Waals surface area contributed by atoms with Crippen LogP contribution in [0.5, 0.6) is 0 Å². The zero-order chi connectivity index (χ0) is 5.28. The first-order valence-corrected chi connectivity index (χ1v) is 4.24. The van der Waals surface area contributed by atoms with Gasteiger partial charge >= 0.3 is 0 Å². The number of primary amides is 1. The minimum Gasteiger partial charge on any atom is -0.361 e. The number of hydrogen-bond donors (Lipinski definition) is 1. The molecule has 1 amide bonds. The Hall–Kier alpha value is 0.0700. The second-order valence-electron chi connectivity index (χ2n) is 1.42. The third kappa shape index (κ3) is 2.01. The Balaban J connectivity index is 2.45. The molecule has 1 fully saturated rings. The number of carbonyl (C=O) groups excluding carboxylic acids is 1. The molecule has 0 bridgehead atoms. The highest BCUT2D eigenvalue weighted by Gasteiger charge is 2.11. The van der Waals surface area contributed by atoms with Crippen LogP contribution in [0.25, 0.3) is 0 Å². The first-order chi connectivity index (χ1) is 3.29. The molecule has 0 aromatic heterocycles. The largest absolute Gasteiger partial charge is 0.361 e. The van der Waals surface area contributed by atoms with Gasteiger partial charge < -0.3 is 5.73 Å². The van der Waals surface area contributed by atoms with Crippen LogP contribution < -0.4 is 5.73 Å². The van der Waals surface area contributed by atoms with Crippen molar-refractivity contribution in [1.82, 2.24) is 0 Å². The molecule has 0 spiro atoms. The number of hydrogen-bond acceptors (Lipinski definition) is 1. The van der Waals surface area contributed by atoms with E-state index in [9.17, 15) is 4.79 Å². The summed E-state index contributed by atoms with van der Waals surface area (Å²) < 4.78 is 1.35. The van der Waals surface area contributed by atoms with Crippen molar-refractivity contribution in [2.45, 2.75) is 12.8 Å². The number of carbonyl (C=O) groups is 1. The Morgan fingerprint density at radius 2 is 2.29 bits per heavy atom. The Labute approximate surface area is 51.8 Å². The van der Waals surface area contributed by atoms with Gasteiger partial charge in [-0.3, -0.25) is 4.79 Å². The smallest absolute Gasteiger partial charge is 0.272 e. The molecule has 7 heavy (non-hydrogen) atoms. The van der Waals surface area contributed by atoms with E-state index < -0.39 is 0 Å². The summed E-state index contributed by atoms with van der Waals surface area (Å²) in [5, 5.41) is 0. The van der Waals surface area contributed by atoms with E-state index in [1.807, 2.05) is 0 Å². The summed E-state index contributed by atoms with van der Waals surface area (Å²) in [6.45, 7) is 0. The summed E-state index contributed by atoms with van der Waals surface area (Å²) >= 11 is -0.328. The summed E-state index contributed by atoms with van der Waals surface area (Å²) in [5.74, 6) is 0. The van der Waals surface area contributed by atoms with E-state index in [4.69, 9.17) is 5.73 Å². The summed E-state index contributed by atoms with van der Waals surface area (Å²) in [6.07, 6.45) is 2.35. The number of halogens is 1. The maximum absolute atomic E-state index is 10.1. The monoisotopic (exact) mass is 211 g/mol. The minimum atomic E-state index is -0.328. The molecule has 0 aliphatic heterocycles. The van der Waals surface area contributed by atoms with E-state index in [2.05, 4.69) is 0 Å². The lowest BCUT2D eigenvalue weighted by Gasteiger charge is -1.70. The molecular formula is C4H6INO. The SMILES string of the molecule is NC(=O)I=C1CC1. The van der Waals surface area contributed by atoms with Crippen molar-refractivity contribution in [3.8, 4) is 0 Å². The Bertz CT molecular complexity index is 124. The first-order valence-electron chi connectivity index (χ1n) is 2.08. The highest BCUT2D eigenvalue weighted by molar-refractivity contribution is 14.2. The second-order valence-corrected chi connectivity index (χ2v) is 4.54. The van der Waals surface area contributed by atoms with Gasteiger partial charge in [0.25, 0.3) is 3.91 Å². The van der Waals surface area contributed by atoms with Crippen molar-refractivity contribution < 1.29 is 4.79 Å². The second kappa shape index (κ2) is 1.90. The van der Waals surface area contributed by atoms with E-state index in [0.29, 0.717) is 0 Å². The lowest BCUT2D eigenvalue weighted by molar-refractivity contribution is 0.269. The molecule has 0 unspecified atom stereocenters. The van der Waals surface area contributed by atoms with Crippen LogP contribution >= 0.6 is 20.7 Å². The topological polar surface area (TPSA) is 43.1 Å². The van der Waals surface area contributed by atoms with Gasteiger partial charge in [0.2, 0.25) is 0 Å². The van der Waals surface area contributed by atoms with Gasteiger partial charge in [-0.05, 0) is 37.1 Å². The summed E-state index contributed by atoms with van der Waals surface area (Å²) in [7, 11) is 0. The lowest BCUT2D eigenvalue weighted by atomic mass is 11.0. The summed E-state index contributed by atoms with van der Waals surface area (Å²) in [4.78, 5) is 10.1. The Kier molecular flexibility index (Phi) is 1.41. The average Bonchev–Trinajstić information content (AvgIpc) is 2.17. The fraction of sp³-hybridized carbons (Fsp3) is 0.500. The molecule has 0 saturated heterocycles. The molecule has 0 aromatic carbocycles. The Morgan fingerprint density at radius 3 is 2.43 bits per heavy atom. The van der Waals surface area contributed by atoms with Crippen LogP contribution in [0.15, 0.2) is 0 Å². The van der Waals surface area contributed by atoms with Gasteiger partial charge in [0, 0.05) is 0 Å². The zero-order valence-electron chi connectivity index (χ0n) is 3.78. The molecule has 0 radical (unpaired) electrons. The molecule has 1 aliphatic carbocycles. The maximum atomic E-state index is 10.1. The van der Waals surface area contributed by atoms with Crippen molar-refractivity contribution in [3.05, 3.63) is 0 Å². The van der Waals surface area contributed by atoms with Crippen LogP contribution in [0.2, 0.25) is 0 Å². The number of nitrogens with two attached hydrogens (primary N) is 1. The van der Waals surface area contributed by atoms with Crippen molar-refractivity contribution >= 4 is 28.2 Å². The van der Waals surface area contributed by atoms with Gasteiger partial charge in [0.15, 0.2) is 0 Å². The van der Waals surface area contributed by atoms with Crippen molar-refractivity contribution in [2.24, 2.45) is 5.73 Å². The van der Waals surface area contributed by atoms with E-state index in [-0.39, 0.29) is 24.6 Å². The lowest BCUT2D eigenvalue weighted by Crippen LogP contribution is -1.96. The molecule has 1 saturated carbocycles. The fourth-order valence-electron chi connectivity index (χ4n) is 0.273. The van der Waals surface area contributed by atoms with Gasteiger partial charge in [0.1, 0.15) is 0 Å². The number of rotatable bonds is 1. The van der Waals surface area contributed by atoms with E-state index in [0.717, 1.165) is 0 Å². The molecule has 40 valence electrons. The van der Waals surface area contributed by atoms with Crippen molar-refractivity contribution in [2.75, 3.05) is 0 Å². The van der Waals surface area contributed by atoms with E-state index in [1.165, 1.54) is 16.4 Å². The quantitative estimate of drug-likeness (QED) is 0.392.